The molecular weight excluding hydrogens is 384 g/mol. The van der Waals surface area contributed by atoms with Crippen molar-refractivity contribution < 1.29 is 22.6 Å². The summed E-state index contributed by atoms with van der Waals surface area (Å²) < 4.78 is 39.3. The Morgan fingerprint density at radius 2 is 1.75 bits per heavy atom. The van der Waals surface area contributed by atoms with Crippen LogP contribution in [0.15, 0.2) is 41.6 Å². The Labute approximate surface area is 162 Å². The number of rotatable bonds is 7. The zero-order chi connectivity index (χ0) is 20.3. The van der Waals surface area contributed by atoms with Gasteiger partial charge in [0.25, 0.3) is 0 Å². The van der Waals surface area contributed by atoms with E-state index in [0.29, 0.717) is 39.5 Å². The van der Waals surface area contributed by atoms with Gasteiger partial charge in [0.2, 0.25) is 10.0 Å². The molecule has 3 aromatic rings. The van der Waals surface area contributed by atoms with E-state index in [1.807, 2.05) is 0 Å². The van der Waals surface area contributed by atoms with Crippen molar-refractivity contribution in [2.24, 2.45) is 5.14 Å². The molecule has 0 bridgehead atoms. The minimum atomic E-state index is -3.83. The first-order valence-corrected chi connectivity index (χ1v) is 9.72. The number of benzene rings is 2. The predicted octanol–water partition coefficient (Wildman–Crippen LogP) is 1.92. The van der Waals surface area contributed by atoms with Crippen LogP contribution in [0.3, 0.4) is 0 Å². The molecule has 0 fully saturated rings. The molecule has 2 aromatic carbocycles. The van der Waals surface area contributed by atoms with Gasteiger partial charge >= 0.3 is 0 Å². The SMILES string of the molecule is COc1cc(OC)c2c(NCc3cc(S(N)(=O)=O)ccc3OC)ncnc2c1. The molecule has 0 aliphatic rings. The van der Waals surface area contributed by atoms with Crippen LogP contribution in [0.25, 0.3) is 10.9 Å². The molecule has 0 aliphatic carbocycles. The Hall–Kier alpha value is -3.11. The van der Waals surface area contributed by atoms with E-state index in [2.05, 4.69) is 15.3 Å². The number of sulfonamides is 1. The second-order valence-electron chi connectivity index (χ2n) is 5.82. The average Bonchev–Trinajstić information content (AvgIpc) is 2.70. The molecular formula is C18H20N4O5S. The van der Waals surface area contributed by atoms with E-state index < -0.39 is 10.0 Å². The van der Waals surface area contributed by atoms with E-state index in [-0.39, 0.29) is 11.4 Å². The maximum absolute atomic E-state index is 11.6. The molecule has 10 heteroatoms. The number of aromatic nitrogens is 2. The van der Waals surface area contributed by atoms with Gasteiger partial charge in [-0.1, -0.05) is 0 Å². The fourth-order valence-corrected chi connectivity index (χ4v) is 3.36. The van der Waals surface area contributed by atoms with E-state index in [1.54, 1.807) is 32.4 Å². The highest BCUT2D eigenvalue weighted by Gasteiger charge is 2.15. The van der Waals surface area contributed by atoms with Crippen LogP contribution >= 0.6 is 0 Å². The smallest absolute Gasteiger partial charge is 0.238 e. The predicted molar refractivity (Wildman–Crippen MR) is 104 cm³/mol. The summed E-state index contributed by atoms with van der Waals surface area (Å²) >= 11 is 0. The highest BCUT2D eigenvalue weighted by atomic mass is 32.2. The van der Waals surface area contributed by atoms with Crippen LogP contribution in [0.5, 0.6) is 17.2 Å². The summed E-state index contributed by atoms with van der Waals surface area (Å²) in [6, 6.07) is 7.92. The van der Waals surface area contributed by atoms with Crippen LogP contribution in [0.4, 0.5) is 5.82 Å². The molecule has 1 aromatic heterocycles. The second-order valence-corrected chi connectivity index (χ2v) is 7.38. The fraction of sp³-hybridized carbons (Fsp3) is 0.222. The van der Waals surface area contributed by atoms with E-state index in [9.17, 15) is 8.42 Å². The number of primary sulfonamides is 1. The first kappa shape index (κ1) is 19.6. The lowest BCUT2D eigenvalue weighted by Gasteiger charge is -2.14. The van der Waals surface area contributed by atoms with E-state index >= 15 is 0 Å². The van der Waals surface area contributed by atoms with Gasteiger partial charge in [0, 0.05) is 24.2 Å². The molecule has 0 aliphatic heterocycles. The summed E-state index contributed by atoms with van der Waals surface area (Å²) in [5, 5.41) is 9.08. The van der Waals surface area contributed by atoms with Gasteiger partial charge in [-0.2, -0.15) is 0 Å². The number of ether oxygens (including phenoxy) is 3. The fourth-order valence-electron chi connectivity index (χ4n) is 2.79. The standard InChI is InChI=1S/C18H20N4O5S/c1-25-12-7-14-17(16(8-12)27-3)18(22-10-21-14)20-9-11-6-13(28(19,23)24)4-5-15(11)26-2/h4-8,10H,9H2,1-3H3,(H2,19,23,24)(H,20,21,22). The second kappa shape index (κ2) is 7.87. The summed E-state index contributed by atoms with van der Waals surface area (Å²) in [4.78, 5) is 8.55. The van der Waals surface area contributed by atoms with E-state index in [1.165, 1.54) is 25.6 Å². The summed E-state index contributed by atoms with van der Waals surface area (Å²) in [7, 11) is 0.782. The first-order valence-electron chi connectivity index (χ1n) is 8.17. The van der Waals surface area contributed by atoms with Crippen LogP contribution < -0.4 is 24.7 Å². The number of fused-ring (bicyclic) bond motifs is 1. The summed E-state index contributed by atoms with van der Waals surface area (Å²) in [6.45, 7) is 0.244. The zero-order valence-electron chi connectivity index (χ0n) is 15.6. The van der Waals surface area contributed by atoms with Gasteiger partial charge in [0.05, 0.1) is 37.1 Å². The third-order valence-corrected chi connectivity index (χ3v) is 5.07. The summed E-state index contributed by atoms with van der Waals surface area (Å²) in [6.07, 6.45) is 1.42. The topological polar surface area (TPSA) is 126 Å². The molecule has 0 saturated heterocycles. The Balaban J connectivity index is 2.00. The van der Waals surface area contributed by atoms with Gasteiger partial charge in [-0.25, -0.2) is 23.5 Å². The molecule has 0 saturated carbocycles. The minimum Gasteiger partial charge on any atom is -0.497 e. The Morgan fingerprint density at radius 3 is 2.39 bits per heavy atom. The molecule has 148 valence electrons. The third-order valence-electron chi connectivity index (χ3n) is 4.16. The number of nitrogens with zero attached hydrogens (tertiary/aromatic N) is 2. The molecule has 28 heavy (non-hydrogen) atoms. The van der Waals surface area contributed by atoms with Crippen molar-refractivity contribution in [2.75, 3.05) is 26.6 Å². The first-order chi connectivity index (χ1) is 13.4. The average molecular weight is 404 g/mol. The summed E-state index contributed by atoms with van der Waals surface area (Å²) in [5.74, 6) is 2.19. The Kier molecular flexibility index (Phi) is 5.52. The lowest BCUT2D eigenvalue weighted by molar-refractivity contribution is 0.398. The van der Waals surface area contributed by atoms with Gasteiger partial charge < -0.3 is 19.5 Å². The maximum Gasteiger partial charge on any atom is 0.238 e. The zero-order valence-corrected chi connectivity index (χ0v) is 16.4. The molecule has 0 radical (unpaired) electrons. The number of anilines is 1. The third kappa shape index (κ3) is 3.92. The number of nitrogens with two attached hydrogens (primary N) is 1. The molecule has 0 atom stereocenters. The van der Waals surface area contributed by atoms with Crippen molar-refractivity contribution in [3.8, 4) is 17.2 Å². The molecule has 0 unspecified atom stereocenters. The molecule has 0 amide bonds. The lowest BCUT2D eigenvalue weighted by atomic mass is 10.1. The van der Waals surface area contributed by atoms with Crippen LogP contribution in [0, 0.1) is 0 Å². The van der Waals surface area contributed by atoms with Crippen LogP contribution in [-0.4, -0.2) is 39.7 Å². The number of nitrogens with one attached hydrogen (secondary N) is 1. The highest BCUT2D eigenvalue weighted by Crippen LogP contribution is 2.34. The minimum absolute atomic E-state index is 0.0000347. The van der Waals surface area contributed by atoms with Gasteiger partial charge in [-0.05, 0) is 18.2 Å². The maximum atomic E-state index is 11.6. The Morgan fingerprint density at radius 1 is 1.00 bits per heavy atom. The van der Waals surface area contributed by atoms with Crippen molar-refractivity contribution >= 4 is 26.7 Å². The van der Waals surface area contributed by atoms with E-state index in [0.717, 1.165) is 0 Å². The van der Waals surface area contributed by atoms with Gasteiger partial charge in [-0.15, -0.1) is 0 Å². The van der Waals surface area contributed by atoms with Crippen molar-refractivity contribution in [1.29, 1.82) is 0 Å². The Bertz CT molecular complexity index is 1120. The van der Waals surface area contributed by atoms with Gasteiger partial charge in [0.1, 0.15) is 29.4 Å². The molecule has 1 heterocycles. The molecule has 3 N–H and O–H groups in total. The van der Waals surface area contributed by atoms with Crippen molar-refractivity contribution in [2.45, 2.75) is 11.4 Å². The number of hydrogen-bond donors (Lipinski definition) is 2. The van der Waals surface area contributed by atoms with Crippen molar-refractivity contribution in [1.82, 2.24) is 9.97 Å². The summed E-state index contributed by atoms with van der Waals surface area (Å²) in [5.41, 5.74) is 1.24. The van der Waals surface area contributed by atoms with Gasteiger partial charge in [-0.3, -0.25) is 0 Å². The monoisotopic (exact) mass is 404 g/mol. The highest BCUT2D eigenvalue weighted by molar-refractivity contribution is 7.89. The number of hydrogen-bond acceptors (Lipinski definition) is 8. The molecule has 0 spiro atoms. The molecule has 9 nitrogen and oxygen atoms in total. The van der Waals surface area contributed by atoms with Gasteiger partial charge in [0.15, 0.2) is 0 Å². The lowest BCUT2D eigenvalue weighted by Crippen LogP contribution is -2.13. The van der Waals surface area contributed by atoms with Crippen LogP contribution in [0.1, 0.15) is 5.56 Å². The van der Waals surface area contributed by atoms with Crippen LogP contribution in [-0.2, 0) is 16.6 Å². The normalized spacial score (nSPS) is 11.3. The molecule has 3 rings (SSSR count). The van der Waals surface area contributed by atoms with Crippen LogP contribution in [0.2, 0.25) is 0 Å². The number of methoxy groups -OCH3 is 3. The van der Waals surface area contributed by atoms with Crippen molar-refractivity contribution in [3.05, 3.63) is 42.2 Å². The quantitative estimate of drug-likeness (QED) is 0.612. The van der Waals surface area contributed by atoms with Crippen molar-refractivity contribution in [3.63, 3.8) is 0 Å². The largest absolute Gasteiger partial charge is 0.497 e. The van der Waals surface area contributed by atoms with E-state index in [4.69, 9.17) is 19.3 Å².